The number of nitrogens with zero attached hydrogens (tertiary/aromatic N) is 1. The molecule has 2 nitrogen and oxygen atoms in total. The van der Waals surface area contributed by atoms with E-state index in [1.165, 1.54) is 37.9 Å². The summed E-state index contributed by atoms with van der Waals surface area (Å²) < 4.78 is 0. The van der Waals surface area contributed by atoms with Gasteiger partial charge < -0.3 is 4.98 Å². The topological polar surface area (TPSA) is 28.7 Å². The quantitative estimate of drug-likeness (QED) is 0.496. The molecule has 0 bridgehead atoms. The molecular formula is C20H18N2S. The second-order valence-corrected chi connectivity index (χ2v) is 6.96. The summed E-state index contributed by atoms with van der Waals surface area (Å²) in [5.41, 5.74) is 5.98. The number of nitrogens with one attached hydrogen (secondary N) is 1. The third-order valence-corrected chi connectivity index (χ3v) is 5.28. The number of hydrogen-bond acceptors (Lipinski definition) is 2. The Balaban J connectivity index is 1.84. The minimum atomic E-state index is 0.974. The number of rotatable bonds is 3. The van der Waals surface area contributed by atoms with Crippen LogP contribution in [0.25, 0.3) is 21.9 Å². The first kappa shape index (κ1) is 14.3. The predicted molar refractivity (Wildman–Crippen MR) is 99.1 cm³/mol. The Labute approximate surface area is 139 Å². The van der Waals surface area contributed by atoms with E-state index in [0.717, 1.165) is 11.4 Å². The number of pyridine rings is 1. The summed E-state index contributed by atoms with van der Waals surface area (Å²) in [6, 6.07) is 17.3. The van der Waals surface area contributed by atoms with Gasteiger partial charge >= 0.3 is 0 Å². The van der Waals surface area contributed by atoms with Crippen LogP contribution in [0, 0.1) is 13.8 Å². The maximum atomic E-state index is 4.55. The predicted octanol–water partition coefficient (Wildman–Crippen LogP) is 5.63. The number of thioether (sulfide) groups is 1. The first-order chi connectivity index (χ1) is 11.2. The average Bonchev–Trinajstić information content (AvgIpc) is 2.95. The Hall–Kier alpha value is -2.26. The largest absolute Gasteiger partial charge is 0.339 e. The van der Waals surface area contributed by atoms with Crippen LogP contribution in [-0.4, -0.2) is 9.97 Å². The van der Waals surface area contributed by atoms with Crippen LogP contribution in [0.5, 0.6) is 0 Å². The molecule has 3 heteroatoms. The highest BCUT2D eigenvalue weighted by molar-refractivity contribution is 7.98. The molecule has 23 heavy (non-hydrogen) atoms. The van der Waals surface area contributed by atoms with Crippen molar-refractivity contribution in [2.24, 2.45) is 0 Å². The van der Waals surface area contributed by atoms with Crippen molar-refractivity contribution in [2.45, 2.75) is 24.5 Å². The van der Waals surface area contributed by atoms with Gasteiger partial charge in [-0.25, -0.2) is 4.98 Å². The van der Waals surface area contributed by atoms with Gasteiger partial charge in [-0.2, -0.15) is 0 Å². The molecule has 0 radical (unpaired) electrons. The Bertz CT molecular complexity index is 987. The maximum absolute atomic E-state index is 4.55. The summed E-state index contributed by atoms with van der Waals surface area (Å²) in [6.45, 7) is 4.24. The van der Waals surface area contributed by atoms with Gasteiger partial charge in [-0.15, -0.1) is 11.8 Å². The number of hydrogen-bond donors (Lipinski definition) is 1. The molecule has 114 valence electrons. The molecule has 0 unspecified atom stereocenters. The van der Waals surface area contributed by atoms with E-state index in [1.807, 2.05) is 18.0 Å². The lowest BCUT2D eigenvalue weighted by molar-refractivity contribution is 1.29. The van der Waals surface area contributed by atoms with Crippen LogP contribution in [-0.2, 0) is 5.75 Å². The van der Waals surface area contributed by atoms with Crippen LogP contribution in [0.15, 0.2) is 59.6 Å². The standard InChI is InChI=1S/C20H18N2S/c1-13-10-16-18-17(23-12-15-6-4-3-5-7-15)9-8-14(2)19(18)22-20(16)21-11-13/h3-11H,12H2,1-2H3,(H,21,22). The average molecular weight is 318 g/mol. The summed E-state index contributed by atoms with van der Waals surface area (Å²) in [6.07, 6.45) is 1.92. The lowest BCUT2D eigenvalue weighted by Gasteiger charge is -2.06. The Morgan fingerprint density at radius 2 is 1.87 bits per heavy atom. The summed E-state index contributed by atoms with van der Waals surface area (Å²) in [5, 5.41) is 2.52. The van der Waals surface area contributed by atoms with Crippen LogP contribution in [0.2, 0.25) is 0 Å². The third kappa shape index (κ3) is 2.62. The fourth-order valence-electron chi connectivity index (χ4n) is 2.95. The molecule has 0 fully saturated rings. The highest BCUT2D eigenvalue weighted by Crippen LogP contribution is 2.36. The summed E-state index contributed by atoms with van der Waals surface area (Å²) in [7, 11) is 0. The molecule has 4 rings (SSSR count). The molecule has 0 spiro atoms. The number of aromatic nitrogens is 2. The zero-order valence-electron chi connectivity index (χ0n) is 13.3. The molecule has 0 aliphatic rings. The summed E-state index contributed by atoms with van der Waals surface area (Å²) >= 11 is 1.89. The van der Waals surface area contributed by atoms with E-state index in [2.05, 4.69) is 72.3 Å². The highest BCUT2D eigenvalue weighted by atomic mass is 32.2. The molecule has 4 aromatic rings. The van der Waals surface area contributed by atoms with Gasteiger partial charge in [0.1, 0.15) is 5.65 Å². The van der Waals surface area contributed by atoms with E-state index in [1.54, 1.807) is 0 Å². The summed E-state index contributed by atoms with van der Waals surface area (Å²) in [5.74, 6) is 0.977. The van der Waals surface area contributed by atoms with Crippen molar-refractivity contribution in [3.8, 4) is 0 Å². The van der Waals surface area contributed by atoms with Gasteiger partial charge in [0, 0.05) is 27.6 Å². The molecular weight excluding hydrogens is 300 g/mol. The molecule has 2 heterocycles. The van der Waals surface area contributed by atoms with Crippen molar-refractivity contribution in [3.63, 3.8) is 0 Å². The van der Waals surface area contributed by atoms with E-state index in [-0.39, 0.29) is 0 Å². The molecule has 0 aliphatic heterocycles. The van der Waals surface area contributed by atoms with Crippen molar-refractivity contribution in [2.75, 3.05) is 0 Å². The second kappa shape index (κ2) is 5.74. The normalized spacial score (nSPS) is 11.4. The Morgan fingerprint density at radius 1 is 1.04 bits per heavy atom. The fraction of sp³-hybridized carbons (Fsp3) is 0.150. The molecule has 0 amide bonds. The number of H-pyrrole nitrogens is 1. The number of benzene rings is 2. The van der Waals surface area contributed by atoms with E-state index < -0.39 is 0 Å². The molecule has 2 aromatic carbocycles. The van der Waals surface area contributed by atoms with Crippen molar-refractivity contribution in [1.29, 1.82) is 0 Å². The molecule has 0 saturated heterocycles. The van der Waals surface area contributed by atoms with Gasteiger partial charge in [-0.3, -0.25) is 0 Å². The number of aryl methyl sites for hydroxylation is 2. The Morgan fingerprint density at radius 3 is 2.70 bits per heavy atom. The second-order valence-electron chi connectivity index (χ2n) is 5.94. The number of aromatic amines is 1. The van der Waals surface area contributed by atoms with Crippen LogP contribution in [0.3, 0.4) is 0 Å². The van der Waals surface area contributed by atoms with E-state index in [4.69, 9.17) is 0 Å². The molecule has 0 aliphatic carbocycles. The molecule has 1 N–H and O–H groups in total. The highest BCUT2D eigenvalue weighted by Gasteiger charge is 2.12. The van der Waals surface area contributed by atoms with E-state index >= 15 is 0 Å². The molecule has 2 aromatic heterocycles. The lowest BCUT2D eigenvalue weighted by atomic mass is 10.1. The van der Waals surface area contributed by atoms with Crippen LogP contribution >= 0.6 is 11.8 Å². The maximum Gasteiger partial charge on any atom is 0.138 e. The zero-order chi connectivity index (χ0) is 15.8. The van der Waals surface area contributed by atoms with Crippen LogP contribution < -0.4 is 0 Å². The van der Waals surface area contributed by atoms with Crippen molar-refractivity contribution >= 4 is 33.7 Å². The fourth-order valence-corrected chi connectivity index (χ4v) is 3.98. The Kier molecular flexibility index (Phi) is 3.58. The first-order valence-electron chi connectivity index (χ1n) is 7.77. The van der Waals surface area contributed by atoms with Crippen LogP contribution in [0.4, 0.5) is 0 Å². The van der Waals surface area contributed by atoms with E-state index in [0.29, 0.717) is 0 Å². The van der Waals surface area contributed by atoms with Crippen LogP contribution in [0.1, 0.15) is 16.7 Å². The smallest absolute Gasteiger partial charge is 0.138 e. The van der Waals surface area contributed by atoms with Crippen molar-refractivity contribution < 1.29 is 0 Å². The van der Waals surface area contributed by atoms with E-state index in [9.17, 15) is 0 Å². The third-order valence-electron chi connectivity index (χ3n) is 4.15. The zero-order valence-corrected chi connectivity index (χ0v) is 14.1. The minimum Gasteiger partial charge on any atom is -0.339 e. The lowest BCUT2D eigenvalue weighted by Crippen LogP contribution is -1.83. The van der Waals surface area contributed by atoms with Gasteiger partial charge in [-0.1, -0.05) is 36.4 Å². The number of fused-ring (bicyclic) bond motifs is 3. The van der Waals surface area contributed by atoms with Crippen molar-refractivity contribution in [1.82, 2.24) is 9.97 Å². The van der Waals surface area contributed by atoms with Gasteiger partial charge in [0.25, 0.3) is 0 Å². The first-order valence-corrected chi connectivity index (χ1v) is 8.75. The monoisotopic (exact) mass is 318 g/mol. The van der Waals surface area contributed by atoms with Crippen molar-refractivity contribution in [3.05, 3.63) is 71.4 Å². The molecule has 0 saturated carbocycles. The minimum absolute atomic E-state index is 0.974. The SMILES string of the molecule is Cc1cnc2[nH]c3c(C)ccc(SCc4ccccc4)c3c2c1. The van der Waals surface area contributed by atoms with Gasteiger partial charge in [0.2, 0.25) is 0 Å². The summed E-state index contributed by atoms with van der Waals surface area (Å²) in [4.78, 5) is 9.35. The molecule has 0 atom stereocenters. The van der Waals surface area contributed by atoms with Gasteiger partial charge in [-0.05, 0) is 42.7 Å². The van der Waals surface area contributed by atoms with Gasteiger partial charge in [0.15, 0.2) is 0 Å². The van der Waals surface area contributed by atoms with Gasteiger partial charge in [0.05, 0.1) is 5.52 Å².